The molecule has 0 atom stereocenters. The van der Waals surface area contributed by atoms with Crippen LogP contribution in [0.2, 0.25) is 0 Å². The first-order valence-corrected chi connectivity index (χ1v) is 7.17. The largest absolute Gasteiger partial charge is 0.478 e. The molecule has 1 aromatic rings. The second kappa shape index (κ2) is 6.64. The van der Waals surface area contributed by atoms with Crippen molar-refractivity contribution in [3.63, 3.8) is 0 Å². The van der Waals surface area contributed by atoms with E-state index < -0.39 is 0 Å². The molecule has 2 N–H and O–H groups in total. The van der Waals surface area contributed by atoms with Crippen LogP contribution in [0.25, 0.3) is 0 Å². The molecule has 1 aliphatic rings. The van der Waals surface area contributed by atoms with Crippen molar-refractivity contribution >= 4 is 5.69 Å². The van der Waals surface area contributed by atoms with Crippen LogP contribution in [-0.2, 0) is 0 Å². The van der Waals surface area contributed by atoms with Gasteiger partial charge in [-0.3, -0.25) is 0 Å². The first-order chi connectivity index (χ1) is 9.15. The Kier molecular flexibility index (Phi) is 4.88. The lowest BCUT2D eigenvalue weighted by atomic mass is 9.83. The van der Waals surface area contributed by atoms with Gasteiger partial charge in [-0.1, -0.05) is 33.1 Å². The number of aromatic nitrogens is 1. The Morgan fingerprint density at radius 3 is 2.74 bits per heavy atom. The smallest absolute Gasteiger partial charge is 0.240 e. The summed E-state index contributed by atoms with van der Waals surface area (Å²) >= 11 is 0. The molecule has 1 saturated carbocycles. The van der Waals surface area contributed by atoms with Gasteiger partial charge in [0.1, 0.15) is 0 Å². The van der Waals surface area contributed by atoms with Crippen molar-refractivity contribution in [3.05, 3.63) is 12.1 Å². The third-order valence-electron chi connectivity index (χ3n) is 3.42. The van der Waals surface area contributed by atoms with E-state index in [1.165, 1.54) is 19.3 Å². The first-order valence-electron chi connectivity index (χ1n) is 7.17. The Morgan fingerprint density at radius 1 is 1.32 bits per heavy atom. The topological polar surface area (TPSA) is 57.4 Å². The molecule has 4 heteroatoms. The summed E-state index contributed by atoms with van der Waals surface area (Å²) in [5.74, 6) is 2.39. The lowest BCUT2D eigenvalue weighted by Crippen LogP contribution is -2.15. The molecule has 4 nitrogen and oxygen atoms in total. The van der Waals surface area contributed by atoms with Crippen molar-refractivity contribution in [2.75, 3.05) is 18.9 Å². The molecular weight excluding hydrogens is 240 g/mol. The number of anilines is 1. The average molecular weight is 264 g/mol. The van der Waals surface area contributed by atoms with Crippen molar-refractivity contribution < 1.29 is 9.47 Å². The van der Waals surface area contributed by atoms with Crippen molar-refractivity contribution in [2.24, 2.45) is 11.8 Å². The summed E-state index contributed by atoms with van der Waals surface area (Å²) in [4.78, 5) is 4.32. The van der Waals surface area contributed by atoms with Gasteiger partial charge in [0, 0.05) is 6.07 Å². The second-order valence-corrected chi connectivity index (χ2v) is 5.68. The first kappa shape index (κ1) is 14.0. The fourth-order valence-electron chi connectivity index (χ4n) is 1.99. The van der Waals surface area contributed by atoms with Crippen LogP contribution in [-0.4, -0.2) is 18.2 Å². The van der Waals surface area contributed by atoms with Crippen LogP contribution in [0.15, 0.2) is 12.1 Å². The number of rotatable bonds is 7. The number of ether oxygens (including phenoxy) is 2. The SMILES string of the molecule is CC(C)COc1nc(OCCC2CCC2)ccc1N. The molecular formula is C15H24N2O2. The van der Waals surface area contributed by atoms with Crippen molar-refractivity contribution in [2.45, 2.75) is 39.5 Å². The summed E-state index contributed by atoms with van der Waals surface area (Å²) in [6, 6.07) is 3.60. The normalized spacial score (nSPS) is 15.3. The van der Waals surface area contributed by atoms with Gasteiger partial charge in [-0.15, -0.1) is 0 Å². The minimum absolute atomic E-state index is 0.449. The van der Waals surface area contributed by atoms with Gasteiger partial charge in [0.25, 0.3) is 0 Å². The molecule has 0 unspecified atom stereocenters. The van der Waals surface area contributed by atoms with Gasteiger partial charge in [-0.2, -0.15) is 4.98 Å². The summed E-state index contributed by atoms with van der Waals surface area (Å²) in [5, 5.41) is 0. The van der Waals surface area contributed by atoms with Gasteiger partial charge >= 0.3 is 0 Å². The molecule has 106 valence electrons. The van der Waals surface area contributed by atoms with Gasteiger partial charge in [-0.05, 0) is 24.3 Å². The summed E-state index contributed by atoms with van der Waals surface area (Å²) < 4.78 is 11.3. The molecule has 0 amide bonds. The van der Waals surface area contributed by atoms with Crippen LogP contribution in [0.1, 0.15) is 39.5 Å². The van der Waals surface area contributed by atoms with E-state index in [1.807, 2.05) is 0 Å². The molecule has 19 heavy (non-hydrogen) atoms. The maximum atomic E-state index is 5.84. The number of hydrogen-bond donors (Lipinski definition) is 1. The fraction of sp³-hybridized carbons (Fsp3) is 0.667. The average Bonchev–Trinajstić information content (AvgIpc) is 2.32. The predicted molar refractivity (Wildman–Crippen MR) is 76.4 cm³/mol. The highest BCUT2D eigenvalue weighted by Crippen LogP contribution is 2.29. The molecule has 1 fully saturated rings. The van der Waals surface area contributed by atoms with E-state index in [4.69, 9.17) is 15.2 Å². The van der Waals surface area contributed by atoms with E-state index in [1.54, 1.807) is 12.1 Å². The van der Waals surface area contributed by atoms with Gasteiger partial charge < -0.3 is 15.2 Å². The highest BCUT2D eigenvalue weighted by atomic mass is 16.5. The predicted octanol–water partition coefficient (Wildman–Crippen LogP) is 3.27. The van der Waals surface area contributed by atoms with E-state index in [0.29, 0.717) is 30.0 Å². The molecule has 1 aliphatic carbocycles. The highest BCUT2D eigenvalue weighted by Gasteiger charge is 2.17. The third kappa shape index (κ3) is 4.30. The maximum Gasteiger partial charge on any atom is 0.240 e. The fourth-order valence-corrected chi connectivity index (χ4v) is 1.99. The summed E-state index contributed by atoms with van der Waals surface area (Å²) in [6.45, 7) is 5.53. The van der Waals surface area contributed by atoms with Crippen LogP contribution < -0.4 is 15.2 Å². The summed E-state index contributed by atoms with van der Waals surface area (Å²) in [7, 11) is 0. The summed E-state index contributed by atoms with van der Waals surface area (Å²) in [5.41, 5.74) is 6.40. The zero-order chi connectivity index (χ0) is 13.7. The van der Waals surface area contributed by atoms with Crippen LogP contribution >= 0.6 is 0 Å². The molecule has 1 heterocycles. The third-order valence-corrected chi connectivity index (χ3v) is 3.42. The second-order valence-electron chi connectivity index (χ2n) is 5.68. The van der Waals surface area contributed by atoms with Gasteiger partial charge in [-0.25, -0.2) is 0 Å². The molecule has 1 aromatic heterocycles. The Hall–Kier alpha value is -1.45. The molecule has 0 saturated heterocycles. The maximum absolute atomic E-state index is 5.84. The number of nitrogens with zero attached hydrogens (tertiary/aromatic N) is 1. The minimum Gasteiger partial charge on any atom is -0.478 e. The lowest BCUT2D eigenvalue weighted by molar-refractivity contribution is 0.213. The molecule has 0 bridgehead atoms. The van der Waals surface area contributed by atoms with Crippen LogP contribution in [0, 0.1) is 11.8 Å². The quantitative estimate of drug-likeness (QED) is 0.821. The molecule has 0 aromatic carbocycles. The van der Waals surface area contributed by atoms with Crippen molar-refractivity contribution in [1.29, 1.82) is 0 Å². The Morgan fingerprint density at radius 2 is 2.11 bits per heavy atom. The van der Waals surface area contributed by atoms with E-state index in [2.05, 4.69) is 18.8 Å². The van der Waals surface area contributed by atoms with E-state index in [0.717, 1.165) is 18.9 Å². The van der Waals surface area contributed by atoms with Gasteiger partial charge in [0.2, 0.25) is 11.8 Å². The molecule has 0 aliphatic heterocycles. The number of hydrogen-bond acceptors (Lipinski definition) is 4. The minimum atomic E-state index is 0.449. The Balaban J connectivity index is 1.83. The van der Waals surface area contributed by atoms with Crippen LogP contribution in [0.4, 0.5) is 5.69 Å². The standard InChI is InChI=1S/C15H24N2O2/c1-11(2)10-19-15-13(16)6-7-14(17-15)18-9-8-12-4-3-5-12/h6-7,11-12H,3-5,8-10,16H2,1-2H3. The van der Waals surface area contributed by atoms with Crippen LogP contribution in [0.5, 0.6) is 11.8 Å². The van der Waals surface area contributed by atoms with E-state index in [9.17, 15) is 0 Å². The van der Waals surface area contributed by atoms with Gasteiger partial charge in [0.05, 0.1) is 18.9 Å². The zero-order valence-corrected chi connectivity index (χ0v) is 11.9. The Labute approximate surface area is 115 Å². The molecule has 2 rings (SSSR count). The van der Waals surface area contributed by atoms with E-state index >= 15 is 0 Å². The van der Waals surface area contributed by atoms with E-state index in [-0.39, 0.29) is 0 Å². The molecule has 0 radical (unpaired) electrons. The lowest BCUT2D eigenvalue weighted by Gasteiger charge is -2.24. The number of nitrogen functional groups attached to an aromatic ring is 1. The number of pyridine rings is 1. The van der Waals surface area contributed by atoms with Crippen molar-refractivity contribution in [3.8, 4) is 11.8 Å². The number of nitrogens with two attached hydrogens (primary N) is 1. The van der Waals surface area contributed by atoms with Crippen LogP contribution in [0.3, 0.4) is 0 Å². The summed E-state index contributed by atoms with van der Waals surface area (Å²) in [6.07, 6.45) is 5.19. The highest BCUT2D eigenvalue weighted by molar-refractivity contribution is 5.49. The Bertz CT molecular complexity index is 403. The zero-order valence-electron chi connectivity index (χ0n) is 11.9. The molecule has 0 spiro atoms. The van der Waals surface area contributed by atoms with Gasteiger partial charge in [0.15, 0.2) is 0 Å². The monoisotopic (exact) mass is 264 g/mol. The van der Waals surface area contributed by atoms with Crippen molar-refractivity contribution in [1.82, 2.24) is 4.98 Å².